The van der Waals surface area contributed by atoms with E-state index in [4.69, 9.17) is 30.4 Å². The molecule has 0 fully saturated rings. The molecule has 0 saturated carbocycles. The van der Waals surface area contributed by atoms with Crippen LogP contribution in [0.2, 0.25) is 0 Å². The van der Waals surface area contributed by atoms with Gasteiger partial charge in [0.2, 0.25) is 0 Å². The maximum Gasteiger partial charge on any atom is 0.426 e. The molecule has 0 radical (unpaired) electrons. The van der Waals surface area contributed by atoms with Crippen molar-refractivity contribution in [1.29, 1.82) is 0 Å². The van der Waals surface area contributed by atoms with Crippen LogP contribution >= 0.6 is 0 Å². The van der Waals surface area contributed by atoms with Gasteiger partial charge in [-0.25, -0.2) is 9.59 Å². The zero-order valence-corrected chi connectivity index (χ0v) is 34.3. The lowest BCUT2D eigenvalue weighted by Crippen LogP contribution is -2.21. The van der Waals surface area contributed by atoms with Gasteiger partial charge >= 0.3 is 24.2 Å². The highest BCUT2D eigenvalue weighted by Crippen LogP contribution is 2.34. The van der Waals surface area contributed by atoms with Crippen molar-refractivity contribution >= 4 is 35.5 Å². The number of halogens is 6. The second kappa shape index (κ2) is 22.9. The molecule has 8 nitrogen and oxygen atoms in total. The van der Waals surface area contributed by atoms with Crippen molar-refractivity contribution in [3.63, 3.8) is 0 Å². The summed E-state index contributed by atoms with van der Waals surface area (Å²) in [6, 6.07) is 27.4. The van der Waals surface area contributed by atoms with Crippen molar-refractivity contribution in [3.8, 4) is 11.5 Å². The molecule has 63 heavy (non-hydrogen) atoms. The molecular weight excluding hydrogens is 827 g/mol. The Bertz CT molecular complexity index is 2150. The molecule has 0 aliphatic rings. The van der Waals surface area contributed by atoms with E-state index in [0.29, 0.717) is 60.9 Å². The van der Waals surface area contributed by atoms with Crippen LogP contribution in [0.25, 0.3) is 12.2 Å². The minimum Gasteiger partial charge on any atom is -0.462 e. The number of hydrogen-bond acceptors (Lipinski definition) is 8. The second-order valence-electron chi connectivity index (χ2n) is 14.6. The van der Waals surface area contributed by atoms with Crippen molar-refractivity contribution in [2.75, 3.05) is 38.0 Å². The summed E-state index contributed by atoms with van der Waals surface area (Å²) in [6.45, 7) is -1.34. The number of alkyl halides is 6. The Morgan fingerprint density at radius 3 is 1.35 bits per heavy atom. The fourth-order valence-corrected chi connectivity index (χ4v) is 6.27. The van der Waals surface area contributed by atoms with Crippen LogP contribution in [0.4, 0.5) is 37.7 Å². The fourth-order valence-electron chi connectivity index (χ4n) is 6.27. The maximum absolute atomic E-state index is 14.9. The molecule has 0 bridgehead atoms. The summed E-state index contributed by atoms with van der Waals surface area (Å²) in [7, 11) is 0. The van der Waals surface area contributed by atoms with E-state index in [-0.39, 0.29) is 41.5 Å². The molecule has 0 amide bonds. The SMILES string of the molecule is Nc1ccc(C(COC(=O)/C=C/c2ccc(OC(F)(F)c3ccc(CCCCF)cc3)cc2)COC(=O)/C=C/c2ccc(OC(F)(F)c3ccc(CCCCF)cc3)cc2)c(N)c1. The molecule has 0 aromatic heterocycles. The van der Waals surface area contributed by atoms with Crippen LogP contribution in [0.1, 0.15) is 70.5 Å². The van der Waals surface area contributed by atoms with Crippen LogP contribution in [-0.2, 0) is 44.1 Å². The third-order valence-electron chi connectivity index (χ3n) is 9.76. The monoisotopic (exact) mass is 874 g/mol. The minimum absolute atomic E-state index is 0.103. The smallest absolute Gasteiger partial charge is 0.426 e. The van der Waals surface area contributed by atoms with Crippen LogP contribution in [0, 0.1) is 0 Å². The van der Waals surface area contributed by atoms with E-state index in [1.165, 1.54) is 91.0 Å². The van der Waals surface area contributed by atoms with Crippen molar-refractivity contribution in [2.45, 2.75) is 56.7 Å². The predicted molar refractivity (Wildman–Crippen MR) is 231 cm³/mol. The van der Waals surface area contributed by atoms with Crippen molar-refractivity contribution in [1.82, 2.24) is 0 Å². The van der Waals surface area contributed by atoms with E-state index in [0.717, 1.165) is 23.3 Å². The van der Waals surface area contributed by atoms with Crippen molar-refractivity contribution < 1.29 is 54.9 Å². The molecule has 0 aliphatic heterocycles. The van der Waals surface area contributed by atoms with Gasteiger partial charge in [0.25, 0.3) is 0 Å². The molecule has 332 valence electrons. The number of aryl methyl sites for hydroxylation is 2. The quantitative estimate of drug-likeness (QED) is 0.0219. The lowest BCUT2D eigenvalue weighted by Gasteiger charge is -2.19. The molecule has 0 atom stereocenters. The number of anilines is 2. The number of nitrogen functional groups attached to an aromatic ring is 2. The Balaban J connectivity index is 1.12. The molecule has 0 saturated heterocycles. The lowest BCUT2D eigenvalue weighted by atomic mass is 9.98. The third kappa shape index (κ3) is 15.0. The Hall–Kier alpha value is -6.70. The Morgan fingerprint density at radius 1 is 0.556 bits per heavy atom. The molecule has 4 N–H and O–H groups in total. The number of rotatable bonds is 23. The van der Waals surface area contributed by atoms with E-state index in [9.17, 15) is 35.9 Å². The molecule has 14 heteroatoms. The number of carbonyl (C=O) groups excluding carboxylic acids is 2. The first-order valence-corrected chi connectivity index (χ1v) is 20.2. The first kappa shape index (κ1) is 47.4. The van der Waals surface area contributed by atoms with Gasteiger partial charge in [-0.05, 0) is 139 Å². The van der Waals surface area contributed by atoms with E-state index < -0.39 is 43.4 Å². The van der Waals surface area contributed by atoms with E-state index in [1.807, 2.05) is 0 Å². The van der Waals surface area contributed by atoms with Crippen LogP contribution in [0.5, 0.6) is 11.5 Å². The average Bonchev–Trinajstić information content (AvgIpc) is 3.26. The number of carbonyl (C=O) groups is 2. The second-order valence-corrected chi connectivity index (χ2v) is 14.6. The largest absolute Gasteiger partial charge is 0.462 e. The highest BCUT2D eigenvalue weighted by atomic mass is 19.3. The Labute approximate surface area is 362 Å². The van der Waals surface area contributed by atoms with E-state index >= 15 is 0 Å². The van der Waals surface area contributed by atoms with Gasteiger partial charge < -0.3 is 30.4 Å². The molecule has 5 rings (SSSR count). The first-order valence-electron chi connectivity index (χ1n) is 20.2. The topological polar surface area (TPSA) is 123 Å². The summed E-state index contributed by atoms with van der Waals surface area (Å²) in [4.78, 5) is 25.5. The van der Waals surface area contributed by atoms with Gasteiger partial charge in [-0.1, -0.05) is 54.6 Å². The highest BCUT2D eigenvalue weighted by Gasteiger charge is 2.35. The molecule has 5 aromatic rings. The molecular formula is C49H48F6N2O6. The highest BCUT2D eigenvalue weighted by molar-refractivity contribution is 5.87. The van der Waals surface area contributed by atoms with Crippen LogP contribution in [0.3, 0.4) is 0 Å². The van der Waals surface area contributed by atoms with Crippen molar-refractivity contribution in [2.24, 2.45) is 0 Å². The van der Waals surface area contributed by atoms with Gasteiger partial charge in [-0.2, -0.15) is 17.6 Å². The summed E-state index contributed by atoms with van der Waals surface area (Å²) in [5.41, 5.74) is 15.2. The zero-order chi connectivity index (χ0) is 45.2. The molecule has 0 unspecified atom stereocenters. The summed E-state index contributed by atoms with van der Waals surface area (Å²) in [5, 5.41) is 0. The molecule has 5 aromatic carbocycles. The van der Waals surface area contributed by atoms with Crippen LogP contribution in [0.15, 0.2) is 127 Å². The number of nitrogens with two attached hydrogens (primary N) is 2. The summed E-state index contributed by atoms with van der Waals surface area (Å²) in [5.74, 6) is -2.40. The lowest BCUT2D eigenvalue weighted by molar-refractivity contribution is -0.186. The van der Waals surface area contributed by atoms with Crippen LogP contribution in [-0.4, -0.2) is 38.5 Å². The first-order chi connectivity index (χ1) is 30.2. The summed E-state index contributed by atoms with van der Waals surface area (Å²) in [6.07, 6.45) is 1.14. The normalized spacial score (nSPS) is 11.9. The number of hydrogen-bond donors (Lipinski definition) is 2. The predicted octanol–water partition coefficient (Wildman–Crippen LogP) is 11.3. The Kier molecular flexibility index (Phi) is 17.2. The zero-order valence-electron chi connectivity index (χ0n) is 34.3. The average molecular weight is 875 g/mol. The number of ether oxygens (including phenoxy) is 4. The Morgan fingerprint density at radius 2 is 0.968 bits per heavy atom. The summed E-state index contributed by atoms with van der Waals surface area (Å²) < 4.78 is 105. The summed E-state index contributed by atoms with van der Waals surface area (Å²) >= 11 is 0. The fraction of sp³-hybridized carbons (Fsp3) is 0.265. The van der Waals surface area contributed by atoms with E-state index in [1.54, 1.807) is 36.4 Å². The minimum atomic E-state index is -3.61. The van der Waals surface area contributed by atoms with Gasteiger partial charge in [0.1, 0.15) is 24.7 Å². The van der Waals surface area contributed by atoms with E-state index in [2.05, 4.69) is 0 Å². The van der Waals surface area contributed by atoms with Crippen molar-refractivity contribution in [3.05, 3.63) is 166 Å². The molecule has 0 spiro atoms. The van der Waals surface area contributed by atoms with Gasteiger partial charge in [0.15, 0.2) is 0 Å². The van der Waals surface area contributed by atoms with Crippen LogP contribution < -0.4 is 20.9 Å². The third-order valence-corrected chi connectivity index (χ3v) is 9.76. The molecule has 0 heterocycles. The van der Waals surface area contributed by atoms with Gasteiger partial charge in [-0.3, -0.25) is 8.78 Å². The maximum atomic E-state index is 14.9. The number of unbranched alkanes of at least 4 members (excludes halogenated alkanes) is 2. The number of esters is 2. The molecule has 0 aliphatic carbocycles. The number of benzene rings is 5. The van der Waals surface area contributed by atoms with Gasteiger partial charge in [0.05, 0.1) is 30.4 Å². The van der Waals surface area contributed by atoms with Gasteiger partial charge in [-0.15, -0.1) is 0 Å². The van der Waals surface area contributed by atoms with Gasteiger partial charge in [0, 0.05) is 23.5 Å². The standard InChI is InChI=1S/C49H48F6N2O6/c50-29-3-1-5-34-7-17-39(18-8-34)48(52,53)62-42-22-11-36(12-23-42)15-27-46(58)60-32-38(44-26-21-41(56)31-45(44)57)33-61-47(59)28-16-37-13-24-43(25-14-37)63-49(54,55)40-19-9-35(10-20-40)6-2-4-30-51/h7-28,31,38H,1-6,29-30,32-33,56-57H2/b27-15+,28-16+.